The van der Waals surface area contributed by atoms with Crippen LogP contribution in [0.2, 0.25) is 0 Å². The molecule has 0 saturated carbocycles. The van der Waals surface area contributed by atoms with Crippen molar-refractivity contribution in [1.29, 1.82) is 0 Å². The summed E-state index contributed by atoms with van der Waals surface area (Å²) in [7, 11) is 1.67. The first-order valence-corrected chi connectivity index (χ1v) is 8.87. The predicted octanol–water partition coefficient (Wildman–Crippen LogP) is 4.10. The second-order valence-corrected chi connectivity index (χ2v) is 5.95. The molecule has 2 aromatic carbocycles. The standard InChI is InChI=1S/C21H29NO3/c1-4-24-13-7-12-22-15-19-10-6-11-20(23-3)21(19)25-16-18-9-5-8-17(2)14-18/h5-6,8-11,14,22H,4,7,12-13,15-16H2,1-3H3. The number of aryl methyl sites for hydroxylation is 1. The summed E-state index contributed by atoms with van der Waals surface area (Å²) in [5.41, 5.74) is 3.49. The lowest BCUT2D eigenvalue weighted by Crippen LogP contribution is -2.17. The molecule has 0 aromatic heterocycles. The third-order valence-electron chi connectivity index (χ3n) is 3.91. The average molecular weight is 343 g/mol. The van der Waals surface area contributed by atoms with Crippen LogP contribution in [0.3, 0.4) is 0 Å². The fourth-order valence-electron chi connectivity index (χ4n) is 2.65. The van der Waals surface area contributed by atoms with Gasteiger partial charge in [-0.15, -0.1) is 0 Å². The van der Waals surface area contributed by atoms with Crippen molar-refractivity contribution >= 4 is 0 Å². The lowest BCUT2D eigenvalue weighted by atomic mass is 10.1. The number of hydrogen-bond donors (Lipinski definition) is 1. The lowest BCUT2D eigenvalue weighted by molar-refractivity contribution is 0.144. The minimum atomic E-state index is 0.527. The third kappa shape index (κ3) is 6.40. The van der Waals surface area contributed by atoms with Crippen LogP contribution in [0.15, 0.2) is 42.5 Å². The van der Waals surface area contributed by atoms with Gasteiger partial charge in [-0.25, -0.2) is 0 Å². The van der Waals surface area contributed by atoms with Crippen molar-refractivity contribution in [2.45, 2.75) is 33.4 Å². The van der Waals surface area contributed by atoms with Crippen LogP contribution in [0.25, 0.3) is 0 Å². The summed E-state index contributed by atoms with van der Waals surface area (Å²) in [5.74, 6) is 1.57. The number of rotatable bonds is 11. The Morgan fingerprint density at radius 1 is 1.08 bits per heavy atom. The van der Waals surface area contributed by atoms with E-state index in [9.17, 15) is 0 Å². The highest BCUT2D eigenvalue weighted by Crippen LogP contribution is 2.31. The van der Waals surface area contributed by atoms with E-state index in [0.29, 0.717) is 6.61 Å². The Kier molecular flexibility index (Phi) is 8.29. The smallest absolute Gasteiger partial charge is 0.166 e. The van der Waals surface area contributed by atoms with Crippen LogP contribution in [0.5, 0.6) is 11.5 Å². The first-order chi connectivity index (χ1) is 12.2. The number of benzene rings is 2. The van der Waals surface area contributed by atoms with E-state index < -0.39 is 0 Å². The Labute approximate surface area is 151 Å². The van der Waals surface area contributed by atoms with Crippen LogP contribution in [-0.2, 0) is 17.9 Å². The molecule has 1 N–H and O–H groups in total. The molecule has 0 unspecified atom stereocenters. The van der Waals surface area contributed by atoms with E-state index in [1.54, 1.807) is 7.11 Å². The van der Waals surface area contributed by atoms with Crippen molar-refractivity contribution in [1.82, 2.24) is 5.32 Å². The molecule has 2 aromatic rings. The van der Waals surface area contributed by atoms with Crippen molar-refractivity contribution in [3.8, 4) is 11.5 Å². The highest BCUT2D eigenvalue weighted by atomic mass is 16.5. The Morgan fingerprint density at radius 3 is 2.68 bits per heavy atom. The molecular weight excluding hydrogens is 314 g/mol. The largest absolute Gasteiger partial charge is 0.493 e. The zero-order valence-electron chi connectivity index (χ0n) is 15.5. The molecular formula is C21H29NO3. The first-order valence-electron chi connectivity index (χ1n) is 8.87. The maximum absolute atomic E-state index is 6.11. The molecule has 4 nitrogen and oxygen atoms in total. The van der Waals surface area contributed by atoms with Crippen molar-refractivity contribution in [3.63, 3.8) is 0 Å². The molecule has 4 heteroatoms. The van der Waals surface area contributed by atoms with Gasteiger partial charge >= 0.3 is 0 Å². The maximum Gasteiger partial charge on any atom is 0.166 e. The summed E-state index contributed by atoms with van der Waals surface area (Å²) in [4.78, 5) is 0. The van der Waals surface area contributed by atoms with Crippen molar-refractivity contribution in [2.24, 2.45) is 0 Å². The molecule has 0 amide bonds. The van der Waals surface area contributed by atoms with Crippen molar-refractivity contribution in [3.05, 3.63) is 59.2 Å². The van der Waals surface area contributed by atoms with E-state index >= 15 is 0 Å². The summed E-state index contributed by atoms with van der Waals surface area (Å²) in [5, 5.41) is 3.44. The second kappa shape index (κ2) is 10.7. The van der Waals surface area contributed by atoms with Gasteiger partial charge in [-0.05, 0) is 38.4 Å². The summed E-state index contributed by atoms with van der Waals surface area (Å²) in [6, 6.07) is 14.4. The predicted molar refractivity (Wildman–Crippen MR) is 101 cm³/mol. The van der Waals surface area contributed by atoms with Crippen molar-refractivity contribution < 1.29 is 14.2 Å². The quantitative estimate of drug-likeness (QED) is 0.624. The number of hydrogen-bond acceptors (Lipinski definition) is 4. The lowest BCUT2D eigenvalue weighted by Gasteiger charge is -2.16. The summed E-state index contributed by atoms with van der Waals surface area (Å²) in [6.07, 6.45) is 0.997. The van der Waals surface area contributed by atoms with Crippen LogP contribution in [0, 0.1) is 6.92 Å². The summed E-state index contributed by atoms with van der Waals surface area (Å²) in [6.45, 7) is 7.84. The Balaban J connectivity index is 1.97. The van der Waals surface area contributed by atoms with Crippen LogP contribution in [0.1, 0.15) is 30.0 Å². The van der Waals surface area contributed by atoms with Gasteiger partial charge in [-0.3, -0.25) is 0 Å². The highest BCUT2D eigenvalue weighted by Gasteiger charge is 2.10. The monoisotopic (exact) mass is 343 g/mol. The van der Waals surface area contributed by atoms with Gasteiger partial charge in [0.1, 0.15) is 6.61 Å². The fourth-order valence-corrected chi connectivity index (χ4v) is 2.65. The molecule has 0 aliphatic rings. The van der Waals surface area contributed by atoms with Crippen LogP contribution in [0.4, 0.5) is 0 Å². The van der Waals surface area contributed by atoms with E-state index in [0.717, 1.165) is 55.4 Å². The van der Waals surface area contributed by atoms with Gasteiger partial charge in [0.2, 0.25) is 0 Å². The van der Waals surface area contributed by atoms with Gasteiger partial charge in [0.05, 0.1) is 7.11 Å². The molecule has 0 radical (unpaired) electrons. The third-order valence-corrected chi connectivity index (χ3v) is 3.91. The van der Waals surface area contributed by atoms with Crippen LogP contribution >= 0.6 is 0 Å². The minimum Gasteiger partial charge on any atom is -0.493 e. The SMILES string of the molecule is CCOCCCNCc1cccc(OC)c1OCc1cccc(C)c1. The van der Waals surface area contributed by atoms with Gasteiger partial charge < -0.3 is 19.5 Å². The zero-order valence-corrected chi connectivity index (χ0v) is 15.5. The highest BCUT2D eigenvalue weighted by molar-refractivity contribution is 5.46. The number of ether oxygens (including phenoxy) is 3. The molecule has 136 valence electrons. The molecule has 0 atom stereocenters. The van der Waals surface area contributed by atoms with E-state index in [-0.39, 0.29) is 0 Å². The summed E-state index contributed by atoms with van der Waals surface area (Å²) < 4.78 is 16.9. The van der Waals surface area contributed by atoms with E-state index in [4.69, 9.17) is 14.2 Å². The maximum atomic E-state index is 6.11. The fraction of sp³-hybridized carbons (Fsp3) is 0.429. The number of methoxy groups -OCH3 is 1. The number of nitrogens with one attached hydrogen (secondary N) is 1. The Morgan fingerprint density at radius 2 is 1.92 bits per heavy atom. The average Bonchev–Trinajstić information content (AvgIpc) is 2.63. The van der Waals surface area contributed by atoms with E-state index in [1.807, 2.05) is 19.1 Å². The Bertz CT molecular complexity index is 643. The van der Waals surface area contributed by atoms with Crippen LogP contribution in [-0.4, -0.2) is 26.9 Å². The zero-order chi connectivity index (χ0) is 17.9. The molecule has 0 heterocycles. The first kappa shape index (κ1) is 19.3. The summed E-state index contributed by atoms with van der Waals surface area (Å²) >= 11 is 0. The molecule has 0 bridgehead atoms. The van der Waals surface area contributed by atoms with E-state index in [1.165, 1.54) is 5.56 Å². The van der Waals surface area contributed by atoms with Crippen molar-refractivity contribution in [2.75, 3.05) is 26.9 Å². The van der Waals surface area contributed by atoms with Gasteiger partial charge in [0.25, 0.3) is 0 Å². The molecule has 25 heavy (non-hydrogen) atoms. The second-order valence-electron chi connectivity index (χ2n) is 5.95. The minimum absolute atomic E-state index is 0.527. The van der Waals surface area contributed by atoms with Gasteiger partial charge in [0, 0.05) is 25.3 Å². The molecule has 0 aliphatic carbocycles. The molecule has 0 aliphatic heterocycles. The molecule has 0 saturated heterocycles. The van der Waals surface area contributed by atoms with Gasteiger partial charge in [-0.2, -0.15) is 0 Å². The normalized spacial score (nSPS) is 10.7. The van der Waals surface area contributed by atoms with Gasteiger partial charge in [-0.1, -0.05) is 42.0 Å². The molecule has 0 spiro atoms. The molecule has 0 fully saturated rings. The topological polar surface area (TPSA) is 39.7 Å². The number of para-hydroxylation sites is 1. The van der Waals surface area contributed by atoms with Gasteiger partial charge in [0.15, 0.2) is 11.5 Å². The van der Waals surface area contributed by atoms with E-state index in [2.05, 4.69) is 42.6 Å². The Hall–Kier alpha value is -2.04. The van der Waals surface area contributed by atoms with Crippen LogP contribution < -0.4 is 14.8 Å². The molecule has 2 rings (SSSR count).